The minimum Gasteiger partial charge on any atom is -0.481 e. The van der Waals surface area contributed by atoms with Crippen LogP contribution >= 0.6 is 0 Å². The quantitative estimate of drug-likeness (QED) is 0.868. The molecule has 3 heteroatoms. The van der Waals surface area contributed by atoms with Crippen molar-refractivity contribution in [2.24, 2.45) is 11.8 Å². The molecule has 3 unspecified atom stereocenters. The number of benzene rings is 1. The number of piperidine rings is 2. The molecule has 4 bridgehead atoms. The summed E-state index contributed by atoms with van der Waals surface area (Å²) in [7, 11) is 0. The SMILES string of the molecule is CC[C@@]12CC3NC(Cc4ccccc41)C2C[C@@H]3C(=O)O. The van der Waals surface area contributed by atoms with Crippen LogP contribution in [-0.2, 0) is 16.6 Å². The second-order valence-corrected chi connectivity index (χ2v) is 6.74. The molecular weight excluding hydrogens is 250 g/mol. The molecule has 20 heavy (non-hydrogen) atoms. The third kappa shape index (κ3) is 1.42. The average Bonchev–Trinajstić information content (AvgIpc) is 2.46. The Kier molecular flexibility index (Phi) is 2.53. The van der Waals surface area contributed by atoms with Crippen molar-refractivity contribution in [2.45, 2.75) is 50.1 Å². The van der Waals surface area contributed by atoms with E-state index in [0.717, 1.165) is 25.7 Å². The smallest absolute Gasteiger partial charge is 0.308 e. The van der Waals surface area contributed by atoms with Crippen LogP contribution in [0, 0.1) is 11.8 Å². The molecule has 4 aliphatic rings. The van der Waals surface area contributed by atoms with Crippen molar-refractivity contribution in [2.75, 3.05) is 0 Å². The third-order valence-corrected chi connectivity index (χ3v) is 6.14. The summed E-state index contributed by atoms with van der Waals surface area (Å²) in [6, 6.07) is 9.42. The largest absolute Gasteiger partial charge is 0.481 e. The van der Waals surface area contributed by atoms with E-state index in [9.17, 15) is 9.90 Å². The lowest BCUT2D eigenvalue weighted by molar-refractivity contribution is -0.149. The zero-order valence-electron chi connectivity index (χ0n) is 11.8. The molecule has 0 spiro atoms. The zero-order chi connectivity index (χ0) is 13.9. The molecule has 2 aliphatic carbocycles. The molecule has 1 aromatic rings. The molecule has 2 heterocycles. The first-order valence-corrected chi connectivity index (χ1v) is 7.73. The third-order valence-electron chi connectivity index (χ3n) is 6.14. The van der Waals surface area contributed by atoms with Crippen molar-refractivity contribution < 1.29 is 9.90 Å². The molecule has 1 aromatic carbocycles. The summed E-state index contributed by atoms with van der Waals surface area (Å²) in [5, 5.41) is 13.1. The van der Waals surface area contributed by atoms with Gasteiger partial charge in [-0.3, -0.25) is 4.79 Å². The lowest BCUT2D eigenvalue weighted by atomic mass is 9.49. The van der Waals surface area contributed by atoms with E-state index in [1.807, 2.05) is 0 Å². The van der Waals surface area contributed by atoms with Crippen molar-refractivity contribution in [1.82, 2.24) is 5.32 Å². The van der Waals surface area contributed by atoms with Crippen LogP contribution in [0.15, 0.2) is 24.3 Å². The predicted molar refractivity (Wildman–Crippen MR) is 76.7 cm³/mol. The zero-order valence-corrected chi connectivity index (χ0v) is 11.8. The number of hydrogen-bond donors (Lipinski definition) is 2. The molecule has 106 valence electrons. The molecular formula is C17H21NO2. The number of fused-ring (bicyclic) bond motifs is 2. The lowest BCUT2D eigenvalue weighted by Gasteiger charge is -2.61. The van der Waals surface area contributed by atoms with E-state index in [1.165, 1.54) is 11.1 Å². The highest BCUT2D eigenvalue weighted by Gasteiger charge is 2.58. The van der Waals surface area contributed by atoms with Gasteiger partial charge >= 0.3 is 5.97 Å². The van der Waals surface area contributed by atoms with Gasteiger partial charge in [-0.25, -0.2) is 0 Å². The van der Waals surface area contributed by atoms with Gasteiger partial charge in [0.2, 0.25) is 0 Å². The van der Waals surface area contributed by atoms with Gasteiger partial charge in [-0.2, -0.15) is 0 Å². The lowest BCUT2D eigenvalue weighted by Crippen LogP contribution is -2.69. The van der Waals surface area contributed by atoms with Gasteiger partial charge in [0.25, 0.3) is 0 Å². The number of rotatable bonds is 2. The minimum absolute atomic E-state index is 0.149. The molecule has 3 nitrogen and oxygen atoms in total. The monoisotopic (exact) mass is 271 g/mol. The maximum absolute atomic E-state index is 11.5. The Balaban J connectivity index is 1.83. The maximum Gasteiger partial charge on any atom is 0.308 e. The van der Waals surface area contributed by atoms with Crippen LogP contribution in [0.2, 0.25) is 0 Å². The van der Waals surface area contributed by atoms with Gasteiger partial charge < -0.3 is 10.4 Å². The summed E-state index contributed by atoms with van der Waals surface area (Å²) >= 11 is 0. The Labute approximate surface area is 119 Å². The van der Waals surface area contributed by atoms with Gasteiger partial charge in [0.15, 0.2) is 0 Å². The standard InChI is InChI=1S/C17H21NO2/c1-2-17-9-15-11(16(19)20)8-13(17)14(18-15)7-10-5-3-4-6-12(10)17/h3-6,11,13-15,18H,2,7-9H2,1H3,(H,19,20)/t11-,13?,14?,15?,17+/m0/s1. The average molecular weight is 271 g/mol. The molecule has 2 saturated heterocycles. The van der Waals surface area contributed by atoms with Crippen molar-refractivity contribution in [1.29, 1.82) is 0 Å². The fourth-order valence-electron chi connectivity index (χ4n) is 5.27. The van der Waals surface area contributed by atoms with E-state index in [0.29, 0.717) is 12.0 Å². The Hall–Kier alpha value is -1.35. The molecule has 2 aliphatic heterocycles. The van der Waals surface area contributed by atoms with Crippen LogP contribution in [0.1, 0.15) is 37.3 Å². The number of carboxylic acid groups (broad SMARTS) is 1. The molecule has 2 N–H and O–H groups in total. The molecule has 0 amide bonds. The number of aliphatic carboxylic acids is 1. The summed E-state index contributed by atoms with van der Waals surface area (Å²) in [5.41, 5.74) is 3.18. The van der Waals surface area contributed by atoms with Gasteiger partial charge in [0.05, 0.1) is 5.92 Å². The van der Waals surface area contributed by atoms with Gasteiger partial charge in [0.1, 0.15) is 0 Å². The van der Waals surface area contributed by atoms with Crippen LogP contribution in [-0.4, -0.2) is 23.2 Å². The van der Waals surface area contributed by atoms with Crippen LogP contribution in [0.3, 0.4) is 0 Å². The highest BCUT2D eigenvalue weighted by atomic mass is 16.4. The number of carbonyl (C=O) groups is 1. The first-order valence-electron chi connectivity index (χ1n) is 7.73. The summed E-state index contributed by atoms with van der Waals surface area (Å²) in [6.45, 7) is 2.27. The molecule has 1 saturated carbocycles. The first kappa shape index (κ1) is 12.4. The fourth-order valence-corrected chi connectivity index (χ4v) is 5.27. The number of carboxylic acids is 1. The highest BCUT2D eigenvalue weighted by molar-refractivity contribution is 5.72. The van der Waals surface area contributed by atoms with Gasteiger partial charge in [-0.15, -0.1) is 0 Å². The van der Waals surface area contributed by atoms with Gasteiger partial charge in [-0.1, -0.05) is 31.2 Å². The van der Waals surface area contributed by atoms with Crippen LogP contribution in [0.4, 0.5) is 0 Å². The maximum atomic E-state index is 11.5. The second kappa shape index (κ2) is 4.08. The van der Waals surface area contributed by atoms with Crippen molar-refractivity contribution in [3.8, 4) is 0 Å². The summed E-state index contributed by atoms with van der Waals surface area (Å²) in [4.78, 5) is 11.5. The Morgan fingerprint density at radius 2 is 2.20 bits per heavy atom. The highest BCUT2D eigenvalue weighted by Crippen LogP contribution is 2.56. The van der Waals surface area contributed by atoms with E-state index in [1.54, 1.807) is 0 Å². The molecule has 5 rings (SSSR count). The molecule has 3 fully saturated rings. The van der Waals surface area contributed by atoms with E-state index in [4.69, 9.17) is 0 Å². The van der Waals surface area contributed by atoms with Crippen LogP contribution < -0.4 is 5.32 Å². The first-order chi connectivity index (χ1) is 9.65. The number of hydrogen-bond acceptors (Lipinski definition) is 2. The van der Waals surface area contributed by atoms with E-state index in [2.05, 4.69) is 36.5 Å². The van der Waals surface area contributed by atoms with E-state index < -0.39 is 5.97 Å². The Morgan fingerprint density at radius 1 is 1.40 bits per heavy atom. The number of nitrogens with one attached hydrogen (secondary N) is 1. The van der Waals surface area contributed by atoms with Gasteiger partial charge in [-0.05, 0) is 42.7 Å². The molecule has 5 atom stereocenters. The molecule has 0 aromatic heterocycles. The summed E-state index contributed by atoms with van der Waals surface area (Å²) < 4.78 is 0. The van der Waals surface area contributed by atoms with Crippen LogP contribution in [0.5, 0.6) is 0 Å². The fraction of sp³-hybridized carbons (Fsp3) is 0.588. The second-order valence-electron chi connectivity index (χ2n) is 6.74. The topological polar surface area (TPSA) is 49.3 Å². The van der Waals surface area contributed by atoms with Crippen molar-refractivity contribution in [3.05, 3.63) is 35.4 Å². The minimum atomic E-state index is -0.621. The van der Waals surface area contributed by atoms with Crippen LogP contribution in [0.25, 0.3) is 0 Å². The Morgan fingerprint density at radius 3 is 2.90 bits per heavy atom. The molecule has 0 radical (unpaired) electrons. The van der Waals surface area contributed by atoms with Gasteiger partial charge in [0, 0.05) is 17.5 Å². The summed E-state index contributed by atoms with van der Waals surface area (Å²) in [6.07, 6.45) is 4.01. The normalized spacial score (nSPS) is 41.2. The van der Waals surface area contributed by atoms with Crippen molar-refractivity contribution >= 4 is 5.97 Å². The van der Waals surface area contributed by atoms with E-state index >= 15 is 0 Å². The van der Waals surface area contributed by atoms with E-state index in [-0.39, 0.29) is 17.4 Å². The summed E-state index contributed by atoms with van der Waals surface area (Å²) in [5.74, 6) is -0.334. The predicted octanol–water partition coefficient (Wildman–Crippen LogP) is 2.34. The van der Waals surface area contributed by atoms with Crippen molar-refractivity contribution in [3.63, 3.8) is 0 Å². The Bertz CT molecular complexity index is 570.